The minimum Gasteiger partial charge on any atom is -0.385 e. The van der Waals surface area contributed by atoms with Crippen molar-refractivity contribution in [2.24, 2.45) is 39.4 Å². The summed E-state index contributed by atoms with van der Waals surface area (Å²) in [4.78, 5) is 37.6. The standard InChI is InChI=1S/C28H36O4/c1-15-13-21-26(4,24(32)22(15)30)10-12-27(5)20-8-7-17-16(2)23(31)19(29)14-18(17)25(20,3)9-11-28(21,27)6/h7-8,14-16,21,24,32H,9-13H2,1-6H3. The molecule has 0 radical (unpaired) electrons. The summed E-state index contributed by atoms with van der Waals surface area (Å²) in [5.41, 5.74) is 2.61. The molecule has 0 amide bonds. The van der Waals surface area contributed by atoms with Crippen molar-refractivity contribution in [2.45, 2.75) is 79.8 Å². The molecule has 0 bridgehead atoms. The smallest absolute Gasteiger partial charge is 0.222 e. The molecule has 0 aromatic carbocycles. The van der Waals surface area contributed by atoms with E-state index >= 15 is 0 Å². The van der Waals surface area contributed by atoms with Gasteiger partial charge in [0.05, 0.1) is 0 Å². The van der Waals surface area contributed by atoms with Gasteiger partial charge in [-0.25, -0.2) is 0 Å². The van der Waals surface area contributed by atoms with E-state index in [9.17, 15) is 19.5 Å². The molecule has 3 fully saturated rings. The Morgan fingerprint density at radius 2 is 1.62 bits per heavy atom. The van der Waals surface area contributed by atoms with Crippen molar-refractivity contribution in [3.8, 4) is 0 Å². The predicted octanol–water partition coefficient (Wildman–Crippen LogP) is 4.77. The van der Waals surface area contributed by atoms with Crippen LogP contribution in [0.1, 0.15) is 73.6 Å². The van der Waals surface area contributed by atoms with Crippen LogP contribution in [0.2, 0.25) is 0 Å². The summed E-state index contributed by atoms with van der Waals surface area (Å²) in [5, 5.41) is 11.1. The highest BCUT2D eigenvalue weighted by molar-refractivity contribution is 6.44. The first kappa shape index (κ1) is 22.0. The average molecular weight is 437 g/mol. The van der Waals surface area contributed by atoms with Crippen LogP contribution in [-0.4, -0.2) is 28.6 Å². The Morgan fingerprint density at radius 3 is 2.31 bits per heavy atom. The van der Waals surface area contributed by atoms with E-state index in [0.717, 1.165) is 43.3 Å². The van der Waals surface area contributed by atoms with Crippen molar-refractivity contribution < 1.29 is 19.5 Å². The molecule has 32 heavy (non-hydrogen) atoms. The summed E-state index contributed by atoms with van der Waals surface area (Å²) in [6.45, 7) is 13.0. The molecule has 8 unspecified atom stereocenters. The minimum absolute atomic E-state index is 0.00517. The third-order valence-corrected chi connectivity index (χ3v) is 11.0. The molecule has 5 aliphatic carbocycles. The largest absolute Gasteiger partial charge is 0.385 e. The fraction of sp³-hybridized carbons (Fsp3) is 0.679. The van der Waals surface area contributed by atoms with Crippen LogP contribution >= 0.6 is 0 Å². The lowest BCUT2D eigenvalue weighted by Gasteiger charge is -2.69. The lowest BCUT2D eigenvalue weighted by Crippen LogP contribution is -2.65. The van der Waals surface area contributed by atoms with Gasteiger partial charge in [0.2, 0.25) is 11.6 Å². The van der Waals surface area contributed by atoms with Gasteiger partial charge in [0.25, 0.3) is 0 Å². The van der Waals surface area contributed by atoms with Crippen LogP contribution in [0.25, 0.3) is 0 Å². The van der Waals surface area contributed by atoms with Gasteiger partial charge in [0.1, 0.15) is 6.10 Å². The zero-order valence-electron chi connectivity index (χ0n) is 20.2. The molecule has 3 saturated carbocycles. The molecule has 0 spiro atoms. The van der Waals surface area contributed by atoms with E-state index in [0.29, 0.717) is 0 Å². The lowest BCUT2D eigenvalue weighted by atomic mass is 9.34. The summed E-state index contributed by atoms with van der Waals surface area (Å²) in [6, 6.07) is 0. The molecular weight excluding hydrogens is 400 g/mol. The maximum Gasteiger partial charge on any atom is 0.222 e. The van der Waals surface area contributed by atoms with Crippen LogP contribution in [0.15, 0.2) is 34.9 Å². The second-order valence-electron chi connectivity index (χ2n) is 12.3. The third kappa shape index (κ3) is 2.35. The zero-order valence-corrected chi connectivity index (χ0v) is 20.2. The van der Waals surface area contributed by atoms with Crippen LogP contribution in [0.5, 0.6) is 0 Å². The number of ketones is 3. The van der Waals surface area contributed by atoms with E-state index in [1.165, 1.54) is 5.57 Å². The molecule has 4 heteroatoms. The Morgan fingerprint density at radius 1 is 0.938 bits per heavy atom. The van der Waals surface area contributed by atoms with E-state index in [1.807, 2.05) is 13.8 Å². The van der Waals surface area contributed by atoms with Crippen molar-refractivity contribution in [3.63, 3.8) is 0 Å². The maximum absolute atomic E-state index is 12.7. The van der Waals surface area contributed by atoms with Crippen molar-refractivity contribution >= 4 is 17.3 Å². The van der Waals surface area contributed by atoms with Crippen molar-refractivity contribution in [2.75, 3.05) is 0 Å². The highest BCUT2D eigenvalue weighted by atomic mass is 16.3. The van der Waals surface area contributed by atoms with Gasteiger partial charge in [-0.3, -0.25) is 14.4 Å². The summed E-state index contributed by atoms with van der Waals surface area (Å²) in [5.74, 6) is -0.915. The number of fused-ring (bicyclic) bond motifs is 7. The van der Waals surface area contributed by atoms with Gasteiger partial charge < -0.3 is 5.11 Å². The molecule has 4 nitrogen and oxygen atoms in total. The van der Waals surface area contributed by atoms with E-state index in [2.05, 4.69) is 39.8 Å². The fourth-order valence-corrected chi connectivity index (χ4v) is 8.56. The molecule has 0 aromatic heterocycles. The molecule has 5 rings (SSSR count). The average Bonchev–Trinajstić information content (AvgIpc) is 2.75. The summed E-state index contributed by atoms with van der Waals surface area (Å²) in [6.07, 6.45) is 9.52. The Bertz CT molecular complexity index is 1050. The maximum atomic E-state index is 12.7. The number of rotatable bonds is 0. The van der Waals surface area contributed by atoms with Crippen LogP contribution < -0.4 is 0 Å². The summed E-state index contributed by atoms with van der Waals surface area (Å²) >= 11 is 0. The number of hydrogen-bond acceptors (Lipinski definition) is 4. The number of hydrogen-bond donors (Lipinski definition) is 1. The van der Waals surface area contributed by atoms with E-state index < -0.39 is 6.10 Å². The van der Waals surface area contributed by atoms with Crippen LogP contribution in [0, 0.1) is 39.4 Å². The van der Waals surface area contributed by atoms with Gasteiger partial charge in [0, 0.05) is 22.7 Å². The number of Topliss-reactive ketones (excluding diaryl/α,β-unsaturated/α-hetero) is 2. The molecule has 1 N–H and O–H groups in total. The number of aliphatic hydroxyl groups excluding tert-OH is 1. The first-order valence-corrected chi connectivity index (χ1v) is 12.3. The fourth-order valence-electron chi connectivity index (χ4n) is 8.56. The van der Waals surface area contributed by atoms with Crippen molar-refractivity contribution in [1.82, 2.24) is 0 Å². The molecule has 0 heterocycles. The molecule has 0 aromatic rings. The normalized spacial score (nSPS) is 50.3. The predicted molar refractivity (Wildman–Crippen MR) is 123 cm³/mol. The van der Waals surface area contributed by atoms with E-state index in [4.69, 9.17) is 0 Å². The number of carbonyl (C=O) groups is 3. The monoisotopic (exact) mass is 436 g/mol. The number of carbonyl (C=O) groups excluding carboxylic acids is 3. The summed E-state index contributed by atoms with van der Waals surface area (Å²) < 4.78 is 0. The third-order valence-electron chi connectivity index (χ3n) is 11.0. The number of allylic oxidation sites excluding steroid dienone is 6. The molecule has 5 aliphatic rings. The first-order valence-electron chi connectivity index (χ1n) is 12.3. The zero-order chi connectivity index (χ0) is 23.4. The van der Waals surface area contributed by atoms with Crippen molar-refractivity contribution in [1.29, 1.82) is 0 Å². The highest BCUT2D eigenvalue weighted by Crippen LogP contribution is 2.74. The second kappa shape index (κ2) is 6.40. The Kier molecular flexibility index (Phi) is 4.40. The SMILES string of the molecule is CC1CC2C(C)(CCC3(C)C4=CC=C5C(=CC(=O)C(=O)C5C)C4(C)CCC23C)C(O)C1=O. The first-order chi connectivity index (χ1) is 14.8. The van der Waals surface area contributed by atoms with Crippen molar-refractivity contribution in [3.05, 3.63) is 34.9 Å². The van der Waals surface area contributed by atoms with Gasteiger partial charge in [-0.1, -0.05) is 59.3 Å². The van der Waals surface area contributed by atoms with Gasteiger partial charge in [-0.05, 0) is 66.1 Å². The Hall–Kier alpha value is -1.81. The van der Waals surface area contributed by atoms with Crippen LogP contribution in [0.4, 0.5) is 0 Å². The quantitative estimate of drug-likeness (QED) is 0.556. The number of aliphatic hydroxyl groups is 1. The second-order valence-corrected chi connectivity index (χ2v) is 12.3. The topological polar surface area (TPSA) is 71.4 Å². The summed E-state index contributed by atoms with van der Waals surface area (Å²) in [7, 11) is 0. The van der Waals surface area contributed by atoms with Crippen LogP contribution in [-0.2, 0) is 14.4 Å². The molecule has 8 atom stereocenters. The van der Waals surface area contributed by atoms with E-state index in [-0.39, 0.29) is 56.8 Å². The van der Waals surface area contributed by atoms with Gasteiger partial charge in [0.15, 0.2) is 5.78 Å². The van der Waals surface area contributed by atoms with Gasteiger partial charge >= 0.3 is 0 Å². The molecule has 0 aliphatic heterocycles. The lowest BCUT2D eigenvalue weighted by molar-refractivity contribution is -0.192. The van der Waals surface area contributed by atoms with Crippen LogP contribution in [0.3, 0.4) is 0 Å². The van der Waals surface area contributed by atoms with E-state index in [1.54, 1.807) is 6.08 Å². The highest BCUT2D eigenvalue weighted by Gasteiger charge is 2.68. The van der Waals surface area contributed by atoms with Gasteiger partial charge in [-0.15, -0.1) is 0 Å². The van der Waals surface area contributed by atoms with Gasteiger partial charge in [-0.2, -0.15) is 0 Å². The molecular formula is C28H36O4. The Labute approximate surface area is 191 Å². The molecule has 0 saturated heterocycles. The Balaban J connectivity index is 1.65. The molecule has 172 valence electrons. The minimum atomic E-state index is -0.886.